The second-order valence-electron chi connectivity index (χ2n) is 2.12. The highest BCUT2D eigenvalue weighted by atomic mass is 16.1. The van der Waals surface area contributed by atoms with Crippen LogP contribution in [0.15, 0.2) is 12.3 Å². The van der Waals surface area contributed by atoms with Crippen LogP contribution in [-0.4, -0.2) is 22.0 Å². The van der Waals surface area contributed by atoms with Crippen LogP contribution in [0.4, 0.5) is 0 Å². The van der Waals surface area contributed by atoms with Gasteiger partial charge < -0.3 is 5.73 Å². The van der Waals surface area contributed by atoms with Gasteiger partial charge in [-0.15, -0.1) is 0 Å². The van der Waals surface area contributed by atoms with Crippen molar-refractivity contribution in [2.45, 2.75) is 13.0 Å². The van der Waals surface area contributed by atoms with E-state index in [2.05, 4.69) is 10.2 Å². The Hall–Kier alpha value is -1.16. The minimum Gasteiger partial charge on any atom is -0.321 e. The van der Waals surface area contributed by atoms with Crippen LogP contribution in [0.5, 0.6) is 0 Å². The average molecular weight is 139 g/mol. The molecule has 0 bridgehead atoms. The molecule has 1 atom stereocenters. The molecule has 10 heavy (non-hydrogen) atoms. The van der Waals surface area contributed by atoms with E-state index in [1.54, 1.807) is 13.0 Å². The van der Waals surface area contributed by atoms with E-state index in [4.69, 9.17) is 5.73 Å². The molecule has 0 aromatic carbocycles. The Morgan fingerprint density at radius 2 is 2.60 bits per heavy atom. The zero-order chi connectivity index (χ0) is 7.56. The molecule has 54 valence electrons. The van der Waals surface area contributed by atoms with Crippen LogP contribution in [0, 0.1) is 0 Å². The highest BCUT2D eigenvalue weighted by molar-refractivity contribution is 5.97. The number of H-pyrrole nitrogens is 1. The fourth-order valence-electron chi connectivity index (χ4n) is 0.638. The summed E-state index contributed by atoms with van der Waals surface area (Å²) >= 11 is 0. The Labute approximate surface area is 58.4 Å². The van der Waals surface area contributed by atoms with Crippen molar-refractivity contribution in [1.29, 1.82) is 0 Å². The third kappa shape index (κ3) is 1.22. The van der Waals surface area contributed by atoms with Gasteiger partial charge in [0.05, 0.1) is 6.04 Å². The van der Waals surface area contributed by atoms with Gasteiger partial charge in [-0.05, 0) is 13.0 Å². The van der Waals surface area contributed by atoms with Gasteiger partial charge in [0.15, 0.2) is 5.78 Å². The van der Waals surface area contributed by atoms with Gasteiger partial charge in [-0.1, -0.05) is 0 Å². The lowest BCUT2D eigenvalue weighted by Gasteiger charge is -1.98. The third-order valence-corrected chi connectivity index (χ3v) is 1.18. The zero-order valence-corrected chi connectivity index (χ0v) is 5.66. The molecule has 4 nitrogen and oxygen atoms in total. The largest absolute Gasteiger partial charge is 0.321 e. The van der Waals surface area contributed by atoms with E-state index in [0.29, 0.717) is 5.69 Å². The lowest BCUT2D eigenvalue weighted by atomic mass is 10.2. The molecule has 0 spiro atoms. The van der Waals surface area contributed by atoms with Crippen molar-refractivity contribution < 1.29 is 4.79 Å². The summed E-state index contributed by atoms with van der Waals surface area (Å²) in [5.41, 5.74) is 5.80. The van der Waals surface area contributed by atoms with E-state index in [1.165, 1.54) is 6.20 Å². The first-order valence-electron chi connectivity index (χ1n) is 3.01. The van der Waals surface area contributed by atoms with E-state index in [1.807, 2.05) is 0 Å². The molecular formula is C6H9N3O. The highest BCUT2D eigenvalue weighted by Crippen LogP contribution is 1.95. The quantitative estimate of drug-likeness (QED) is 0.564. The molecule has 1 rings (SSSR count). The smallest absolute Gasteiger partial charge is 0.196 e. The van der Waals surface area contributed by atoms with Crippen LogP contribution in [0.1, 0.15) is 17.4 Å². The maximum Gasteiger partial charge on any atom is 0.196 e. The topological polar surface area (TPSA) is 71.8 Å². The molecule has 0 unspecified atom stereocenters. The fourth-order valence-corrected chi connectivity index (χ4v) is 0.638. The van der Waals surface area contributed by atoms with Crippen LogP contribution < -0.4 is 5.73 Å². The monoisotopic (exact) mass is 139 g/mol. The summed E-state index contributed by atoms with van der Waals surface area (Å²) < 4.78 is 0. The molecule has 0 saturated carbocycles. The maximum absolute atomic E-state index is 11.0. The Bertz CT molecular complexity index is 215. The van der Waals surface area contributed by atoms with Gasteiger partial charge in [0, 0.05) is 6.20 Å². The normalized spacial score (nSPS) is 13.0. The molecule has 0 fully saturated rings. The van der Waals surface area contributed by atoms with Crippen LogP contribution in [0.3, 0.4) is 0 Å². The number of hydrogen-bond donors (Lipinski definition) is 2. The maximum atomic E-state index is 11.0. The summed E-state index contributed by atoms with van der Waals surface area (Å²) in [4.78, 5) is 11.0. The van der Waals surface area contributed by atoms with E-state index >= 15 is 0 Å². The third-order valence-electron chi connectivity index (χ3n) is 1.18. The summed E-state index contributed by atoms with van der Waals surface area (Å²) in [6.45, 7) is 1.64. The summed E-state index contributed by atoms with van der Waals surface area (Å²) in [6, 6.07) is 1.14. The number of aromatic amines is 1. The number of ketones is 1. The Balaban J connectivity index is 2.78. The Morgan fingerprint density at radius 3 is 3.00 bits per heavy atom. The molecule has 0 aliphatic carbocycles. The molecule has 3 N–H and O–H groups in total. The Kier molecular flexibility index (Phi) is 1.82. The molecule has 0 amide bonds. The SMILES string of the molecule is C[C@H](N)C(=O)c1ccn[nH]1. The van der Waals surface area contributed by atoms with E-state index in [0.717, 1.165) is 0 Å². The van der Waals surface area contributed by atoms with Gasteiger partial charge in [-0.3, -0.25) is 9.89 Å². The lowest BCUT2D eigenvalue weighted by Crippen LogP contribution is -2.26. The minimum atomic E-state index is -0.458. The van der Waals surface area contributed by atoms with Gasteiger partial charge in [0.25, 0.3) is 0 Å². The summed E-state index contributed by atoms with van der Waals surface area (Å²) in [5.74, 6) is -0.113. The van der Waals surface area contributed by atoms with Gasteiger partial charge in [-0.2, -0.15) is 5.10 Å². The standard InChI is InChI=1S/C6H9N3O/c1-4(7)6(10)5-2-3-8-9-5/h2-4H,7H2,1H3,(H,8,9)/t4-/m0/s1. The number of carbonyl (C=O) groups is 1. The van der Waals surface area contributed by atoms with Gasteiger partial charge in [-0.25, -0.2) is 0 Å². The van der Waals surface area contributed by atoms with Gasteiger partial charge in [0.1, 0.15) is 5.69 Å². The van der Waals surface area contributed by atoms with Gasteiger partial charge in [0.2, 0.25) is 0 Å². The predicted octanol–water partition coefficient (Wildman–Crippen LogP) is -0.0604. The van der Waals surface area contributed by atoms with Crippen molar-refractivity contribution in [3.05, 3.63) is 18.0 Å². The van der Waals surface area contributed by atoms with E-state index in [9.17, 15) is 4.79 Å². The lowest BCUT2D eigenvalue weighted by molar-refractivity contribution is 0.0963. The molecule has 0 aliphatic heterocycles. The van der Waals surface area contributed by atoms with Gasteiger partial charge >= 0.3 is 0 Å². The number of hydrogen-bond acceptors (Lipinski definition) is 3. The summed E-state index contributed by atoms with van der Waals surface area (Å²) in [5, 5.41) is 6.16. The van der Waals surface area contributed by atoms with E-state index in [-0.39, 0.29) is 5.78 Å². The van der Waals surface area contributed by atoms with Crippen LogP contribution >= 0.6 is 0 Å². The number of carbonyl (C=O) groups excluding carboxylic acids is 1. The summed E-state index contributed by atoms with van der Waals surface area (Å²) in [7, 11) is 0. The first kappa shape index (κ1) is 6.95. The number of nitrogens with two attached hydrogens (primary N) is 1. The number of rotatable bonds is 2. The van der Waals surface area contributed by atoms with Crippen molar-refractivity contribution >= 4 is 5.78 Å². The van der Waals surface area contributed by atoms with Crippen molar-refractivity contribution in [3.63, 3.8) is 0 Å². The predicted molar refractivity (Wildman–Crippen MR) is 36.6 cm³/mol. The number of Topliss-reactive ketones (excluding diaryl/α,β-unsaturated/α-hetero) is 1. The molecule has 0 aliphatic rings. The minimum absolute atomic E-state index is 0.113. The zero-order valence-electron chi connectivity index (χ0n) is 5.66. The number of nitrogens with one attached hydrogen (secondary N) is 1. The van der Waals surface area contributed by atoms with Crippen LogP contribution in [0.25, 0.3) is 0 Å². The second kappa shape index (κ2) is 2.62. The van der Waals surface area contributed by atoms with Crippen molar-refractivity contribution in [2.24, 2.45) is 5.73 Å². The first-order chi connectivity index (χ1) is 4.72. The van der Waals surface area contributed by atoms with Crippen molar-refractivity contribution in [2.75, 3.05) is 0 Å². The summed E-state index contributed by atoms with van der Waals surface area (Å²) in [6.07, 6.45) is 1.52. The molecule has 4 heteroatoms. The molecule has 1 aromatic heterocycles. The first-order valence-corrected chi connectivity index (χ1v) is 3.01. The average Bonchev–Trinajstić information content (AvgIpc) is 2.36. The second-order valence-corrected chi connectivity index (χ2v) is 2.12. The molecular weight excluding hydrogens is 130 g/mol. The highest BCUT2D eigenvalue weighted by Gasteiger charge is 2.10. The van der Waals surface area contributed by atoms with Crippen molar-refractivity contribution in [3.8, 4) is 0 Å². The number of nitrogens with zero attached hydrogens (tertiary/aromatic N) is 1. The van der Waals surface area contributed by atoms with E-state index < -0.39 is 6.04 Å². The molecule has 1 aromatic rings. The van der Waals surface area contributed by atoms with Crippen molar-refractivity contribution in [1.82, 2.24) is 10.2 Å². The number of aromatic nitrogens is 2. The molecule has 0 saturated heterocycles. The van der Waals surface area contributed by atoms with Crippen LogP contribution in [-0.2, 0) is 0 Å². The Morgan fingerprint density at radius 1 is 1.90 bits per heavy atom. The fraction of sp³-hybridized carbons (Fsp3) is 0.333. The van der Waals surface area contributed by atoms with Crippen LogP contribution in [0.2, 0.25) is 0 Å². The molecule has 0 radical (unpaired) electrons. The molecule has 1 heterocycles.